The number of anilines is 1. The molecule has 0 unspecified atom stereocenters. The molecule has 2 N–H and O–H groups in total. The highest BCUT2D eigenvalue weighted by Gasteiger charge is 2.16. The third kappa shape index (κ3) is 5.20. The average molecular weight is 236 g/mol. The molecule has 0 saturated carbocycles. The molecular formula is C14H24N2O. The standard InChI is InChI=1S/C14H24N2O/c1-14(2,17-4)8-9-16(3)11-12-6-5-7-13(15)10-12/h5-7,10H,8-9,11,15H2,1-4H3. The molecule has 3 nitrogen and oxygen atoms in total. The first-order chi connectivity index (χ1) is 7.93. The lowest BCUT2D eigenvalue weighted by Crippen LogP contribution is -2.29. The lowest BCUT2D eigenvalue weighted by atomic mass is 10.0. The van der Waals surface area contributed by atoms with Crippen LogP contribution < -0.4 is 5.73 Å². The second kappa shape index (κ2) is 6.03. The summed E-state index contributed by atoms with van der Waals surface area (Å²) in [7, 11) is 3.88. The molecule has 0 saturated heterocycles. The lowest BCUT2D eigenvalue weighted by Gasteiger charge is -2.26. The van der Waals surface area contributed by atoms with Gasteiger partial charge < -0.3 is 15.4 Å². The van der Waals surface area contributed by atoms with Crippen molar-refractivity contribution >= 4 is 5.69 Å². The van der Waals surface area contributed by atoms with Crippen LogP contribution in [0.15, 0.2) is 24.3 Å². The summed E-state index contributed by atoms with van der Waals surface area (Å²) in [6, 6.07) is 8.04. The van der Waals surface area contributed by atoms with E-state index in [1.54, 1.807) is 7.11 Å². The van der Waals surface area contributed by atoms with Crippen molar-refractivity contribution in [3.63, 3.8) is 0 Å². The van der Waals surface area contributed by atoms with Crippen LogP contribution in [0.4, 0.5) is 5.69 Å². The molecule has 0 spiro atoms. The largest absolute Gasteiger partial charge is 0.399 e. The molecule has 0 aromatic heterocycles. The van der Waals surface area contributed by atoms with Crippen molar-refractivity contribution in [2.75, 3.05) is 26.4 Å². The van der Waals surface area contributed by atoms with E-state index in [2.05, 4.69) is 31.9 Å². The fourth-order valence-corrected chi connectivity index (χ4v) is 1.64. The third-order valence-corrected chi connectivity index (χ3v) is 3.05. The highest BCUT2D eigenvalue weighted by atomic mass is 16.5. The molecule has 0 bridgehead atoms. The molecule has 17 heavy (non-hydrogen) atoms. The fourth-order valence-electron chi connectivity index (χ4n) is 1.64. The van der Waals surface area contributed by atoms with Gasteiger partial charge in [0.05, 0.1) is 5.60 Å². The SMILES string of the molecule is COC(C)(C)CCN(C)Cc1cccc(N)c1. The average Bonchev–Trinajstić information content (AvgIpc) is 2.27. The molecule has 1 aromatic rings. The molecule has 96 valence electrons. The number of nitrogens with zero attached hydrogens (tertiary/aromatic N) is 1. The lowest BCUT2D eigenvalue weighted by molar-refractivity contribution is 0.00867. The zero-order valence-electron chi connectivity index (χ0n) is 11.4. The maximum Gasteiger partial charge on any atom is 0.0634 e. The van der Waals surface area contributed by atoms with E-state index in [1.807, 2.05) is 18.2 Å². The van der Waals surface area contributed by atoms with Gasteiger partial charge in [0.25, 0.3) is 0 Å². The van der Waals surface area contributed by atoms with Gasteiger partial charge >= 0.3 is 0 Å². The fraction of sp³-hybridized carbons (Fsp3) is 0.571. The molecule has 0 heterocycles. The normalized spacial score (nSPS) is 12.1. The predicted octanol–water partition coefficient (Wildman–Crippen LogP) is 2.52. The van der Waals surface area contributed by atoms with Crippen LogP contribution in [0, 0.1) is 0 Å². The molecular weight excluding hydrogens is 212 g/mol. The molecule has 0 aliphatic rings. The Kier molecular flexibility index (Phi) is 4.97. The molecule has 1 aromatic carbocycles. The van der Waals surface area contributed by atoms with Crippen LogP contribution in [0.25, 0.3) is 0 Å². The first-order valence-corrected chi connectivity index (χ1v) is 6.01. The summed E-state index contributed by atoms with van der Waals surface area (Å²) in [5.74, 6) is 0. The van der Waals surface area contributed by atoms with Crippen LogP contribution in [-0.2, 0) is 11.3 Å². The van der Waals surface area contributed by atoms with Gasteiger partial charge in [0.1, 0.15) is 0 Å². The Morgan fingerprint density at radius 3 is 2.65 bits per heavy atom. The first kappa shape index (κ1) is 14.0. The highest BCUT2D eigenvalue weighted by Crippen LogP contribution is 2.14. The summed E-state index contributed by atoms with van der Waals surface area (Å²) < 4.78 is 5.41. The Labute approximate surface area is 105 Å². The van der Waals surface area contributed by atoms with Gasteiger partial charge in [-0.05, 0) is 45.0 Å². The maximum absolute atomic E-state index is 5.76. The summed E-state index contributed by atoms with van der Waals surface area (Å²) in [5, 5.41) is 0. The topological polar surface area (TPSA) is 38.5 Å². The van der Waals surface area contributed by atoms with Crippen molar-refractivity contribution in [2.24, 2.45) is 0 Å². The minimum absolute atomic E-state index is 0.0516. The van der Waals surface area contributed by atoms with Crippen LogP contribution >= 0.6 is 0 Å². The van der Waals surface area contributed by atoms with Gasteiger partial charge in [0.15, 0.2) is 0 Å². The number of nitrogens with two attached hydrogens (primary N) is 1. The van der Waals surface area contributed by atoms with Crippen molar-refractivity contribution in [2.45, 2.75) is 32.4 Å². The van der Waals surface area contributed by atoms with Crippen molar-refractivity contribution in [1.29, 1.82) is 0 Å². The smallest absolute Gasteiger partial charge is 0.0634 e. The molecule has 0 aliphatic carbocycles. The minimum atomic E-state index is -0.0516. The van der Waals surface area contributed by atoms with Gasteiger partial charge in [-0.1, -0.05) is 12.1 Å². The van der Waals surface area contributed by atoms with E-state index in [0.717, 1.165) is 25.2 Å². The molecule has 0 atom stereocenters. The first-order valence-electron chi connectivity index (χ1n) is 6.01. The van der Waals surface area contributed by atoms with Crippen molar-refractivity contribution in [3.05, 3.63) is 29.8 Å². The molecule has 1 rings (SSSR count). The van der Waals surface area contributed by atoms with Crippen molar-refractivity contribution in [1.82, 2.24) is 4.90 Å². The second-order valence-corrected chi connectivity index (χ2v) is 5.20. The van der Waals surface area contributed by atoms with Crippen LogP contribution in [-0.4, -0.2) is 31.2 Å². The van der Waals surface area contributed by atoms with E-state index >= 15 is 0 Å². The predicted molar refractivity (Wildman–Crippen MR) is 72.9 cm³/mol. The maximum atomic E-state index is 5.76. The van der Waals surface area contributed by atoms with Gasteiger partial charge in [-0.25, -0.2) is 0 Å². The molecule has 0 fully saturated rings. The quantitative estimate of drug-likeness (QED) is 0.771. The summed E-state index contributed by atoms with van der Waals surface area (Å²) >= 11 is 0. The summed E-state index contributed by atoms with van der Waals surface area (Å²) in [6.45, 7) is 6.16. The Morgan fingerprint density at radius 1 is 1.35 bits per heavy atom. The van der Waals surface area contributed by atoms with Crippen LogP contribution in [0.2, 0.25) is 0 Å². The number of rotatable bonds is 6. The summed E-state index contributed by atoms with van der Waals surface area (Å²) in [6.07, 6.45) is 1.02. The molecule has 3 heteroatoms. The zero-order valence-corrected chi connectivity index (χ0v) is 11.4. The van der Waals surface area contributed by atoms with Gasteiger partial charge in [0, 0.05) is 25.9 Å². The van der Waals surface area contributed by atoms with E-state index < -0.39 is 0 Å². The van der Waals surface area contributed by atoms with Crippen molar-refractivity contribution in [3.8, 4) is 0 Å². The second-order valence-electron chi connectivity index (χ2n) is 5.20. The number of benzene rings is 1. The van der Waals surface area contributed by atoms with E-state index in [0.29, 0.717) is 0 Å². The van der Waals surface area contributed by atoms with E-state index in [1.165, 1.54) is 5.56 Å². The number of methoxy groups -OCH3 is 1. The zero-order chi connectivity index (χ0) is 12.9. The summed E-state index contributed by atoms with van der Waals surface area (Å²) in [4.78, 5) is 2.29. The third-order valence-electron chi connectivity index (χ3n) is 3.05. The Balaban J connectivity index is 2.42. The molecule has 0 aliphatic heterocycles. The number of nitrogen functional groups attached to an aromatic ring is 1. The highest BCUT2D eigenvalue weighted by molar-refractivity contribution is 5.40. The Bertz CT molecular complexity index is 350. The van der Waals surface area contributed by atoms with Crippen LogP contribution in [0.3, 0.4) is 0 Å². The van der Waals surface area contributed by atoms with E-state index in [9.17, 15) is 0 Å². The van der Waals surface area contributed by atoms with Gasteiger partial charge in [0.2, 0.25) is 0 Å². The van der Waals surface area contributed by atoms with Crippen LogP contribution in [0.1, 0.15) is 25.8 Å². The Morgan fingerprint density at radius 2 is 2.06 bits per heavy atom. The van der Waals surface area contributed by atoms with E-state index in [4.69, 9.17) is 10.5 Å². The molecule has 0 amide bonds. The van der Waals surface area contributed by atoms with Crippen LogP contribution in [0.5, 0.6) is 0 Å². The van der Waals surface area contributed by atoms with E-state index in [-0.39, 0.29) is 5.60 Å². The number of ether oxygens (including phenoxy) is 1. The molecule has 0 radical (unpaired) electrons. The minimum Gasteiger partial charge on any atom is -0.399 e. The number of hydrogen-bond acceptors (Lipinski definition) is 3. The van der Waals surface area contributed by atoms with Crippen molar-refractivity contribution < 1.29 is 4.74 Å². The Hall–Kier alpha value is -1.06. The summed E-state index contributed by atoms with van der Waals surface area (Å²) in [5.41, 5.74) is 7.79. The van der Waals surface area contributed by atoms with Gasteiger partial charge in [-0.3, -0.25) is 0 Å². The van der Waals surface area contributed by atoms with Gasteiger partial charge in [-0.2, -0.15) is 0 Å². The monoisotopic (exact) mass is 236 g/mol. The van der Waals surface area contributed by atoms with Gasteiger partial charge in [-0.15, -0.1) is 0 Å². The number of hydrogen-bond donors (Lipinski definition) is 1.